The minimum absolute atomic E-state index is 0.0181. The maximum atomic E-state index is 14.0. The zero-order chi connectivity index (χ0) is 20.7. The predicted octanol–water partition coefficient (Wildman–Crippen LogP) is 5.00. The molecule has 0 spiro atoms. The number of nitrogens with zero attached hydrogens (tertiary/aromatic N) is 4. The van der Waals surface area contributed by atoms with Gasteiger partial charge in [0.1, 0.15) is 0 Å². The summed E-state index contributed by atoms with van der Waals surface area (Å²) in [6.45, 7) is 2.45. The van der Waals surface area contributed by atoms with Crippen molar-refractivity contribution in [3.05, 3.63) is 89.2 Å². The molecule has 2 aromatic carbocycles. The number of rotatable bonds is 5. The number of hydrogen-bond donors (Lipinski definition) is 0. The normalized spacial score (nSPS) is 13.5. The van der Waals surface area contributed by atoms with Crippen LogP contribution in [-0.4, -0.2) is 20.7 Å². The molecular weight excluding hydrogens is 372 g/mol. The third-order valence-corrected chi connectivity index (χ3v) is 5.71. The fraction of sp³-hybridized carbons (Fsp3) is 0.240. The molecule has 5 heteroatoms. The fourth-order valence-corrected chi connectivity index (χ4v) is 4.02. The van der Waals surface area contributed by atoms with Gasteiger partial charge in [0.25, 0.3) is 5.91 Å². The third kappa shape index (κ3) is 3.36. The lowest BCUT2D eigenvalue weighted by Gasteiger charge is -2.24. The molecule has 0 N–H and O–H groups in total. The van der Waals surface area contributed by atoms with E-state index in [2.05, 4.69) is 17.2 Å². The lowest BCUT2D eigenvalue weighted by molar-refractivity contribution is 0.0986. The zero-order valence-electron chi connectivity index (χ0n) is 17.2. The van der Waals surface area contributed by atoms with Gasteiger partial charge in [0, 0.05) is 24.3 Å². The van der Waals surface area contributed by atoms with E-state index in [1.54, 1.807) is 4.68 Å². The van der Waals surface area contributed by atoms with Crippen LogP contribution in [0.3, 0.4) is 0 Å². The number of carbonyl (C=O) groups excluding carboxylic acids is 1. The summed E-state index contributed by atoms with van der Waals surface area (Å²) in [6, 6.07) is 22.0. The third-order valence-electron chi connectivity index (χ3n) is 5.71. The minimum Gasteiger partial charge on any atom is -0.304 e. The summed E-state index contributed by atoms with van der Waals surface area (Å²) in [5.74, 6) is 0.436. The van der Waals surface area contributed by atoms with E-state index in [0.29, 0.717) is 18.0 Å². The van der Waals surface area contributed by atoms with Crippen molar-refractivity contribution in [3.8, 4) is 0 Å². The number of fused-ring (bicyclic) bond motifs is 1. The van der Waals surface area contributed by atoms with Gasteiger partial charge in [0.2, 0.25) is 0 Å². The van der Waals surface area contributed by atoms with Gasteiger partial charge in [0.05, 0.1) is 23.2 Å². The van der Waals surface area contributed by atoms with E-state index in [1.807, 2.05) is 73.5 Å². The number of anilines is 1. The van der Waals surface area contributed by atoms with Crippen molar-refractivity contribution < 1.29 is 4.79 Å². The molecule has 1 fully saturated rings. The van der Waals surface area contributed by atoms with Crippen molar-refractivity contribution in [2.24, 2.45) is 7.05 Å². The van der Waals surface area contributed by atoms with Gasteiger partial charge < -0.3 is 4.90 Å². The summed E-state index contributed by atoms with van der Waals surface area (Å²) in [5.41, 5.74) is 5.27. The number of carbonyl (C=O) groups is 1. The number of aryl methyl sites for hydroxylation is 2. The first kappa shape index (κ1) is 18.6. The van der Waals surface area contributed by atoms with Crippen LogP contribution >= 0.6 is 0 Å². The molecule has 150 valence electrons. The topological polar surface area (TPSA) is 51.0 Å². The lowest BCUT2D eigenvalue weighted by atomic mass is 10.1. The molecule has 0 saturated heterocycles. The molecule has 2 aromatic heterocycles. The van der Waals surface area contributed by atoms with Crippen molar-refractivity contribution >= 4 is 22.6 Å². The number of benzene rings is 2. The summed E-state index contributed by atoms with van der Waals surface area (Å²) in [5, 5.41) is 5.40. The smallest absolute Gasteiger partial charge is 0.259 e. The largest absolute Gasteiger partial charge is 0.304 e. The molecule has 0 aliphatic heterocycles. The molecule has 1 aliphatic rings. The highest BCUT2D eigenvalue weighted by Crippen LogP contribution is 2.40. The Hall–Kier alpha value is -3.47. The number of aromatic nitrogens is 3. The number of pyridine rings is 1. The van der Waals surface area contributed by atoms with Gasteiger partial charge in [-0.2, -0.15) is 5.10 Å². The molecule has 4 aromatic rings. The van der Waals surface area contributed by atoms with Crippen LogP contribution in [0.25, 0.3) is 11.0 Å². The summed E-state index contributed by atoms with van der Waals surface area (Å²) in [6.07, 6.45) is 2.27. The molecule has 5 rings (SSSR count). The highest BCUT2D eigenvalue weighted by Gasteiger charge is 2.30. The van der Waals surface area contributed by atoms with Crippen LogP contribution in [-0.2, 0) is 13.6 Å². The summed E-state index contributed by atoms with van der Waals surface area (Å²) in [4.78, 5) is 20.7. The Morgan fingerprint density at radius 3 is 2.40 bits per heavy atom. The van der Waals surface area contributed by atoms with Crippen LogP contribution in [0.15, 0.2) is 66.7 Å². The molecule has 5 nitrogen and oxygen atoms in total. The van der Waals surface area contributed by atoms with Crippen molar-refractivity contribution in [1.82, 2.24) is 14.8 Å². The Balaban J connectivity index is 1.65. The van der Waals surface area contributed by atoms with Crippen LogP contribution in [0.2, 0.25) is 0 Å². The zero-order valence-corrected chi connectivity index (χ0v) is 17.2. The van der Waals surface area contributed by atoms with Crippen molar-refractivity contribution in [1.29, 1.82) is 0 Å². The molecule has 0 atom stereocenters. The summed E-state index contributed by atoms with van der Waals surface area (Å²) in [7, 11) is 1.90. The fourth-order valence-electron chi connectivity index (χ4n) is 4.02. The highest BCUT2D eigenvalue weighted by molar-refractivity contribution is 6.13. The second-order valence-electron chi connectivity index (χ2n) is 7.99. The van der Waals surface area contributed by atoms with Gasteiger partial charge >= 0.3 is 0 Å². The van der Waals surface area contributed by atoms with Crippen molar-refractivity contribution in [2.75, 3.05) is 4.90 Å². The van der Waals surface area contributed by atoms with E-state index in [0.717, 1.165) is 46.5 Å². The number of hydrogen-bond acceptors (Lipinski definition) is 3. The quantitative estimate of drug-likeness (QED) is 0.477. The SMILES string of the molecule is Cc1nn(C)c2nc(C3CC3)cc(C(=O)N(Cc3ccccc3)c3ccccc3)c12. The second-order valence-corrected chi connectivity index (χ2v) is 7.99. The number of para-hydroxylation sites is 1. The second kappa shape index (κ2) is 7.41. The van der Waals surface area contributed by atoms with Gasteiger partial charge in [-0.05, 0) is 43.5 Å². The standard InChI is InChI=1S/C25H24N4O/c1-17-23-21(15-22(19-13-14-19)26-24(23)28(2)27-17)25(30)29(20-11-7-4-8-12-20)16-18-9-5-3-6-10-18/h3-12,15,19H,13-14,16H2,1-2H3. The molecule has 0 bridgehead atoms. The van der Waals surface area contributed by atoms with E-state index in [9.17, 15) is 4.79 Å². The van der Waals surface area contributed by atoms with E-state index in [-0.39, 0.29) is 5.91 Å². The van der Waals surface area contributed by atoms with Gasteiger partial charge in [0.15, 0.2) is 5.65 Å². The Kier molecular flexibility index (Phi) is 4.58. The maximum Gasteiger partial charge on any atom is 0.259 e. The molecule has 1 saturated carbocycles. The summed E-state index contributed by atoms with van der Waals surface area (Å²) < 4.78 is 1.79. The Morgan fingerprint density at radius 2 is 1.73 bits per heavy atom. The van der Waals surface area contributed by atoms with Crippen LogP contribution in [0.5, 0.6) is 0 Å². The Labute approximate surface area is 176 Å². The molecular formula is C25H24N4O. The molecule has 0 unspecified atom stereocenters. The molecule has 30 heavy (non-hydrogen) atoms. The highest BCUT2D eigenvalue weighted by atomic mass is 16.2. The van der Waals surface area contributed by atoms with E-state index in [4.69, 9.17) is 4.98 Å². The van der Waals surface area contributed by atoms with Gasteiger partial charge in [-0.25, -0.2) is 4.98 Å². The van der Waals surface area contributed by atoms with Crippen molar-refractivity contribution in [3.63, 3.8) is 0 Å². The lowest BCUT2D eigenvalue weighted by Crippen LogP contribution is -2.30. The van der Waals surface area contributed by atoms with Crippen LogP contribution < -0.4 is 4.90 Å². The van der Waals surface area contributed by atoms with E-state index >= 15 is 0 Å². The van der Waals surface area contributed by atoms with E-state index < -0.39 is 0 Å². The average Bonchev–Trinajstić information content (AvgIpc) is 3.59. The van der Waals surface area contributed by atoms with E-state index in [1.165, 1.54) is 0 Å². The molecule has 1 aliphatic carbocycles. The number of amides is 1. The van der Waals surface area contributed by atoms with Gasteiger partial charge in [-0.3, -0.25) is 9.48 Å². The Bertz CT molecular complexity index is 1210. The first-order valence-electron chi connectivity index (χ1n) is 10.4. The van der Waals surface area contributed by atoms with Gasteiger partial charge in [-0.15, -0.1) is 0 Å². The Morgan fingerprint density at radius 1 is 1.07 bits per heavy atom. The van der Waals surface area contributed by atoms with Crippen LogP contribution in [0, 0.1) is 6.92 Å². The van der Waals surface area contributed by atoms with Crippen LogP contribution in [0.1, 0.15) is 46.1 Å². The minimum atomic E-state index is -0.0181. The predicted molar refractivity (Wildman–Crippen MR) is 119 cm³/mol. The monoisotopic (exact) mass is 396 g/mol. The summed E-state index contributed by atoms with van der Waals surface area (Å²) >= 11 is 0. The van der Waals surface area contributed by atoms with Gasteiger partial charge in [-0.1, -0.05) is 48.5 Å². The molecule has 1 amide bonds. The molecule has 2 heterocycles. The first-order valence-corrected chi connectivity index (χ1v) is 10.4. The maximum absolute atomic E-state index is 14.0. The van der Waals surface area contributed by atoms with Crippen LogP contribution in [0.4, 0.5) is 5.69 Å². The van der Waals surface area contributed by atoms with Crippen molar-refractivity contribution in [2.45, 2.75) is 32.2 Å². The molecule has 0 radical (unpaired) electrons. The first-order chi connectivity index (χ1) is 14.6. The average molecular weight is 396 g/mol.